The third kappa shape index (κ3) is 5.33. The van der Waals surface area contributed by atoms with Gasteiger partial charge in [0.2, 0.25) is 18.0 Å². The summed E-state index contributed by atoms with van der Waals surface area (Å²) in [6, 6.07) is 8.14. The third-order valence-electron chi connectivity index (χ3n) is 7.25. The van der Waals surface area contributed by atoms with Crippen LogP contribution in [0, 0.1) is 0 Å². The standard InChI is InChI=1S/C20H25N5O.C6H9NO3/c1-20(22-2)17(25-16-18(21)23-12-24-19(16)26-20)15-10-8-14(9-11-15)13-6-4-3-5-7-13;8-4-7-3-1-2-5(7)6(9)10/h8-13,22H,3-7H2,1-2H3,(H2,21,23,24);4-5H,1-3H2,(H,9,10). The number of anilines is 1. The van der Waals surface area contributed by atoms with Crippen LogP contribution >= 0.6 is 0 Å². The number of aliphatic imine (C=N–C) groups is 1. The molecular weight excluding hydrogens is 460 g/mol. The van der Waals surface area contributed by atoms with Gasteiger partial charge in [-0.15, -0.1) is 0 Å². The third-order valence-corrected chi connectivity index (χ3v) is 7.25. The van der Waals surface area contributed by atoms with Crippen molar-refractivity contribution in [2.75, 3.05) is 19.3 Å². The van der Waals surface area contributed by atoms with Crippen molar-refractivity contribution in [3.05, 3.63) is 41.7 Å². The molecule has 36 heavy (non-hydrogen) atoms. The van der Waals surface area contributed by atoms with Gasteiger partial charge >= 0.3 is 5.97 Å². The number of carbonyl (C=O) groups is 2. The maximum Gasteiger partial charge on any atom is 0.326 e. The fourth-order valence-electron chi connectivity index (χ4n) is 5.05. The van der Waals surface area contributed by atoms with Crippen molar-refractivity contribution in [2.24, 2.45) is 4.99 Å². The van der Waals surface area contributed by atoms with Crippen molar-refractivity contribution in [2.45, 2.75) is 69.6 Å². The number of hydrogen-bond donors (Lipinski definition) is 3. The molecule has 1 amide bonds. The lowest BCUT2D eigenvalue weighted by Crippen LogP contribution is -2.54. The molecule has 3 heterocycles. The normalized spacial score (nSPS) is 23.6. The van der Waals surface area contributed by atoms with Crippen LogP contribution in [-0.4, -0.2) is 63.4 Å². The van der Waals surface area contributed by atoms with Crippen molar-refractivity contribution < 1.29 is 19.4 Å². The van der Waals surface area contributed by atoms with E-state index in [1.165, 1.54) is 48.9 Å². The van der Waals surface area contributed by atoms with Gasteiger partial charge in [-0.25, -0.2) is 14.8 Å². The lowest BCUT2D eigenvalue weighted by Gasteiger charge is -2.34. The fraction of sp³-hybridized carbons (Fsp3) is 0.500. The fourth-order valence-corrected chi connectivity index (χ4v) is 5.05. The Labute approximate surface area is 211 Å². The van der Waals surface area contributed by atoms with Crippen LogP contribution in [0.4, 0.5) is 11.5 Å². The number of carboxylic acid groups (broad SMARTS) is 1. The number of hydrogen-bond acceptors (Lipinski definition) is 8. The van der Waals surface area contributed by atoms with Crippen LogP contribution in [0.25, 0.3) is 0 Å². The molecule has 10 nitrogen and oxygen atoms in total. The van der Waals surface area contributed by atoms with Crippen molar-refractivity contribution in [1.29, 1.82) is 0 Å². The van der Waals surface area contributed by atoms with E-state index in [4.69, 9.17) is 20.6 Å². The molecule has 2 fully saturated rings. The van der Waals surface area contributed by atoms with Crippen LogP contribution in [0.5, 0.6) is 5.88 Å². The Balaban J connectivity index is 0.000000256. The lowest BCUT2D eigenvalue weighted by molar-refractivity contribution is -0.144. The molecule has 192 valence electrons. The summed E-state index contributed by atoms with van der Waals surface area (Å²) in [5, 5.41) is 11.7. The van der Waals surface area contributed by atoms with E-state index >= 15 is 0 Å². The van der Waals surface area contributed by atoms with Crippen LogP contribution in [-0.2, 0) is 9.59 Å². The minimum absolute atomic E-state index is 0.324. The first-order chi connectivity index (χ1) is 17.4. The largest absolute Gasteiger partial charge is 0.480 e. The summed E-state index contributed by atoms with van der Waals surface area (Å²) in [7, 11) is 1.85. The maximum absolute atomic E-state index is 10.4. The zero-order valence-electron chi connectivity index (χ0n) is 20.8. The Morgan fingerprint density at radius 3 is 2.50 bits per heavy atom. The molecule has 1 aromatic carbocycles. The van der Waals surface area contributed by atoms with E-state index in [0.29, 0.717) is 42.7 Å². The van der Waals surface area contributed by atoms with Crippen LogP contribution in [0.3, 0.4) is 0 Å². The van der Waals surface area contributed by atoms with Gasteiger partial charge in [-0.1, -0.05) is 43.5 Å². The molecule has 2 aliphatic heterocycles. The molecule has 2 aromatic rings. The van der Waals surface area contributed by atoms with Crippen molar-refractivity contribution in [1.82, 2.24) is 20.2 Å². The van der Waals surface area contributed by atoms with Gasteiger partial charge < -0.3 is 20.5 Å². The molecule has 10 heteroatoms. The number of aliphatic carboxylic acids is 1. The number of nitrogens with two attached hydrogens (primary N) is 1. The van der Waals surface area contributed by atoms with E-state index in [1.807, 2.05) is 14.0 Å². The van der Waals surface area contributed by atoms with Crippen LogP contribution in [0.1, 0.15) is 68.9 Å². The molecule has 1 saturated heterocycles. The zero-order chi connectivity index (χ0) is 25.7. The highest BCUT2D eigenvalue weighted by atomic mass is 16.5. The van der Waals surface area contributed by atoms with Gasteiger partial charge in [-0.05, 0) is 51.1 Å². The number of likely N-dealkylation sites (N-methyl/N-ethyl adjacent to an activating group) is 1. The van der Waals surface area contributed by atoms with Gasteiger partial charge in [0.25, 0.3) is 0 Å². The summed E-state index contributed by atoms with van der Waals surface area (Å²) in [5.41, 5.74) is 8.90. The number of nitrogen functional groups attached to an aromatic ring is 1. The minimum atomic E-state index is -0.899. The average molecular weight is 495 g/mol. The molecular formula is C26H34N6O4. The number of likely N-dealkylation sites (tertiary alicyclic amines) is 1. The molecule has 2 atom stereocenters. The van der Waals surface area contributed by atoms with Crippen LogP contribution in [0.15, 0.2) is 35.6 Å². The van der Waals surface area contributed by atoms with E-state index in [-0.39, 0.29) is 0 Å². The number of fused-ring (bicyclic) bond motifs is 1. The Hall–Kier alpha value is -3.53. The van der Waals surface area contributed by atoms with Gasteiger partial charge in [-0.3, -0.25) is 10.1 Å². The molecule has 0 spiro atoms. The monoisotopic (exact) mass is 494 g/mol. The summed E-state index contributed by atoms with van der Waals surface area (Å²) in [6.07, 6.45) is 10.0. The second kappa shape index (κ2) is 11.0. The Bertz CT molecular complexity index is 1120. The first-order valence-electron chi connectivity index (χ1n) is 12.5. The molecule has 2 unspecified atom stereocenters. The Morgan fingerprint density at radius 1 is 1.17 bits per heavy atom. The highest BCUT2D eigenvalue weighted by molar-refractivity contribution is 6.09. The molecule has 1 aliphatic carbocycles. The van der Waals surface area contributed by atoms with E-state index in [9.17, 15) is 9.59 Å². The average Bonchev–Trinajstić information content (AvgIpc) is 3.39. The number of benzene rings is 1. The second-order valence-electron chi connectivity index (χ2n) is 9.55. The zero-order valence-corrected chi connectivity index (χ0v) is 20.8. The molecule has 1 aromatic heterocycles. The highest BCUT2D eigenvalue weighted by Crippen LogP contribution is 2.38. The van der Waals surface area contributed by atoms with Gasteiger partial charge in [0.05, 0.1) is 0 Å². The van der Waals surface area contributed by atoms with E-state index in [2.05, 4.69) is 39.6 Å². The summed E-state index contributed by atoms with van der Waals surface area (Å²) in [5.74, 6) is 0.508. The minimum Gasteiger partial charge on any atom is -0.480 e. The van der Waals surface area contributed by atoms with Crippen molar-refractivity contribution in [3.8, 4) is 5.88 Å². The first kappa shape index (κ1) is 25.6. The molecule has 4 N–H and O–H groups in total. The van der Waals surface area contributed by atoms with Gasteiger partial charge in [0, 0.05) is 12.1 Å². The van der Waals surface area contributed by atoms with Gasteiger partial charge in [0.15, 0.2) is 11.5 Å². The Kier molecular flexibility index (Phi) is 7.83. The Morgan fingerprint density at radius 2 is 1.89 bits per heavy atom. The summed E-state index contributed by atoms with van der Waals surface area (Å²) < 4.78 is 6.09. The number of carbonyl (C=O) groups excluding carboxylic acids is 1. The number of carboxylic acids is 1. The quantitative estimate of drug-likeness (QED) is 0.538. The maximum atomic E-state index is 10.4. The van der Waals surface area contributed by atoms with Crippen molar-refractivity contribution >= 4 is 29.6 Å². The lowest BCUT2D eigenvalue weighted by atomic mass is 9.83. The van der Waals surface area contributed by atoms with E-state index in [0.717, 1.165) is 17.7 Å². The summed E-state index contributed by atoms with van der Waals surface area (Å²) >= 11 is 0. The molecule has 0 bridgehead atoms. The summed E-state index contributed by atoms with van der Waals surface area (Å²) in [4.78, 5) is 34.8. The number of amides is 1. The van der Waals surface area contributed by atoms with Crippen LogP contribution < -0.4 is 15.8 Å². The second-order valence-corrected chi connectivity index (χ2v) is 9.55. The highest BCUT2D eigenvalue weighted by Gasteiger charge is 2.38. The number of nitrogens with one attached hydrogen (secondary N) is 1. The molecule has 1 saturated carbocycles. The number of rotatable bonds is 5. The van der Waals surface area contributed by atoms with E-state index in [1.54, 1.807) is 0 Å². The van der Waals surface area contributed by atoms with Gasteiger partial charge in [-0.2, -0.15) is 4.98 Å². The van der Waals surface area contributed by atoms with Crippen LogP contribution in [0.2, 0.25) is 0 Å². The predicted molar refractivity (Wildman–Crippen MR) is 136 cm³/mol. The van der Waals surface area contributed by atoms with Gasteiger partial charge in [0.1, 0.15) is 18.1 Å². The SMILES string of the molecule is CNC1(C)Oc2ncnc(N)c2N=C1c1ccc(C2CCCCC2)cc1.O=CN1CCCC1C(=O)O. The molecule has 3 aliphatic rings. The van der Waals surface area contributed by atoms with E-state index < -0.39 is 17.7 Å². The summed E-state index contributed by atoms with van der Waals surface area (Å²) in [6.45, 7) is 2.53. The number of ether oxygens (including phenoxy) is 1. The predicted octanol–water partition coefficient (Wildman–Crippen LogP) is 3.25. The smallest absolute Gasteiger partial charge is 0.326 e. The number of nitrogens with zero attached hydrogens (tertiary/aromatic N) is 4. The topological polar surface area (TPSA) is 143 Å². The van der Waals surface area contributed by atoms with Crippen molar-refractivity contribution in [3.63, 3.8) is 0 Å². The first-order valence-corrected chi connectivity index (χ1v) is 12.5. The molecule has 5 rings (SSSR count). The number of aromatic nitrogens is 2. The molecule has 0 radical (unpaired) electrons.